The summed E-state index contributed by atoms with van der Waals surface area (Å²) in [6.45, 7) is 5.00. The number of nitrogens with one attached hydrogen (secondary N) is 1. The summed E-state index contributed by atoms with van der Waals surface area (Å²) < 4.78 is 13.5. The molecule has 0 spiro atoms. The average molecular weight is 249 g/mol. The molecule has 4 heteroatoms. The summed E-state index contributed by atoms with van der Waals surface area (Å²) in [7, 11) is 0. The van der Waals surface area contributed by atoms with Crippen molar-refractivity contribution in [2.45, 2.75) is 26.7 Å². The number of hydrogen-bond acceptors (Lipinski definition) is 2. The van der Waals surface area contributed by atoms with Gasteiger partial charge in [-0.2, -0.15) is 0 Å². The number of benzene rings is 1. The van der Waals surface area contributed by atoms with Gasteiger partial charge in [0, 0.05) is 6.42 Å². The van der Waals surface area contributed by atoms with E-state index >= 15 is 0 Å². The van der Waals surface area contributed by atoms with E-state index in [2.05, 4.69) is 23.8 Å². The van der Waals surface area contributed by atoms with Crippen LogP contribution in [0.3, 0.4) is 0 Å². The molecule has 0 radical (unpaired) electrons. The standard InChI is InChI=1S/C14H20FN3/c1-9(2)6-10(8-16)7-13-17-12-5-3-4-11(15)14(12)18-13/h3-5,9-10H,6-8,16H2,1-2H3,(H,17,18). The summed E-state index contributed by atoms with van der Waals surface area (Å²) in [5, 5.41) is 0. The van der Waals surface area contributed by atoms with E-state index in [4.69, 9.17) is 5.73 Å². The minimum atomic E-state index is -0.275. The smallest absolute Gasteiger partial charge is 0.151 e. The van der Waals surface area contributed by atoms with Crippen LogP contribution >= 0.6 is 0 Å². The number of H-pyrrole nitrogens is 1. The van der Waals surface area contributed by atoms with Crippen LogP contribution in [-0.2, 0) is 6.42 Å². The maximum absolute atomic E-state index is 13.5. The zero-order valence-corrected chi connectivity index (χ0v) is 10.9. The van der Waals surface area contributed by atoms with Crippen molar-refractivity contribution in [3.63, 3.8) is 0 Å². The Morgan fingerprint density at radius 3 is 2.78 bits per heavy atom. The monoisotopic (exact) mass is 249 g/mol. The molecular weight excluding hydrogens is 229 g/mol. The predicted octanol–water partition coefficient (Wildman–Crippen LogP) is 2.87. The molecule has 0 fully saturated rings. The second-order valence-electron chi connectivity index (χ2n) is 5.25. The van der Waals surface area contributed by atoms with Crippen LogP contribution in [0.2, 0.25) is 0 Å². The summed E-state index contributed by atoms with van der Waals surface area (Å²) in [5.41, 5.74) is 6.96. The third kappa shape index (κ3) is 2.88. The fourth-order valence-corrected chi connectivity index (χ4v) is 2.35. The first-order chi connectivity index (χ1) is 8.60. The molecule has 0 aliphatic rings. The van der Waals surface area contributed by atoms with Crippen LogP contribution in [0.5, 0.6) is 0 Å². The number of nitrogens with zero attached hydrogens (tertiary/aromatic N) is 1. The Kier molecular flexibility index (Phi) is 3.97. The van der Waals surface area contributed by atoms with Crippen molar-refractivity contribution in [2.24, 2.45) is 17.6 Å². The lowest BCUT2D eigenvalue weighted by atomic mass is 9.94. The van der Waals surface area contributed by atoms with Gasteiger partial charge in [-0.1, -0.05) is 19.9 Å². The molecule has 1 unspecified atom stereocenters. The van der Waals surface area contributed by atoms with Gasteiger partial charge < -0.3 is 10.7 Å². The molecule has 1 heterocycles. The van der Waals surface area contributed by atoms with Crippen molar-refractivity contribution in [2.75, 3.05) is 6.54 Å². The summed E-state index contributed by atoms with van der Waals surface area (Å²) in [6.07, 6.45) is 1.85. The van der Waals surface area contributed by atoms with Crippen molar-refractivity contribution in [1.29, 1.82) is 0 Å². The third-order valence-corrected chi connectivity index (χ3v) is 3.13. The Morgan fingerprint density at radius 2 is 2.17 bits per heavy atom. The van der Waals surface area contributed by atoms with Crippen molar-refractivity contribution in [3.05, 3.63) is 29.8 Å². The highest BCUT2D eigenvalue weighted by Gasteiger charge is 2.13. The molecule has 0 aliphatic carbocycles. The van der Waals surface area contributed by atoms with Crippen LogP contribution in [0.15, 0.2) is 18.2 Å². The highest BCUT2D eigenvalue weighted by Crippen LogP contribution is 2.19. The molecule has 0 aliphatic heterocycles. The zero-order valence-electron chi connectivity index (χ0n) is 10.9. The minimum Gasteiger partial charge on any atom is -0.342 e. The fraction of sp³-hybridized carbons (Fsp3) is 0.500. The van der Waals surface area contributed by atoms with Crippen molar-refractivity contribution in [1.82, 2.24) is 9.97 Å². The van der Waals surface area contributed by atoms with Gasteiger partial charge in [-0.3, -0.25) is 0 Å². The Bertz CT molecular complexity index is 519. The van der Waals surface area contributed by atoms with Gasteiger partial charge in [0.25, 0.3) is 0 Å². The number of hydrogen-bond donors (Lipinski definition) is 2. The van der Waals surface area contributed by atoms with Gasteiger partial charge >= 0.3 is 0 Å². The third-order valence-electron chi connectivity index (χ3n) is 3.13. The van der Waals surface area contributed by atoms with Crippen molar-refractivity contribution in [3.8, 4) is 0 Å². The van der Waals surface area contributed by atoms with E-state index in [1.807, 2.05) is 6.07 Å². The first kappa shape index (κ1) is 13.0. The predicted molar refractivity (Wildman–Crippen MR) is 71.8 cm³/mol. The quantitative estimate of drug-likeness (QED) is 0.856. The molecule has 0 saturated heterocycles. The molecule has 3 N–H and O–H groups in total. The Morgan fingerprint density at radius 1 is 1.39 bits per heavy atom. The van der Waals surface area contributed by atoms with Crippen LogP contribution in [0.4, 0.5) is 4.39 Å². The molecule has 1 atom stereocenters. The van der Waals surface area contributed by atoms with Gasteiger partial charge in [0.05, 0.1) is 5.52 Å². The van der Waals surface area contributed by atoms with Gasteiger partial charge in [0.2, 0.25) is 0 Å². The number of aromatic nitrogens is 2. The number of para-hydroxylation sites is 1. The number of imidazole rings is 1. The molecule has 0 saturated carbocycles. The lowest BCUT2D eigenvalue weighted by molar-refractivity contribution is 0.409. The van der Waals surface area contributed by atoms with E-state index in [1.54, 1.807) is 6.07 Å². The van der Waals surface area contributed by atoms with Crippen LogP contribution in [0.1, 0.15) is 26.1 Å². The molecule has 3 nitrogen and oxygen atoms in total. The van der Waals surface area contributed by atoms with Gasteiger partial charge in [0.15, 0.2) is 5.82 Å². The number of aromatic amines is 1. The van der Waals surface area contributed by atoms with E-state index in [9.17, 15) is 4.39 Å². The molecule has 0 bridgehead atoms. The van der Waals surface area contributed by atoms with Crippen LogP contribution in [0.25, 0.3) is 11.0 Å². The Hall–Kier alpha value is -1.42. The summed E-state index contributed by atoms with van der Waals surface area (Å²) >= 11 is 0. The first-order valence-corrected chi connectivity index (χ1v) is 6.43. The number of fused-ring (bicyclic) bond motifs is 1. The van der Waals surface area contributed by atoms with Gasteiger partial charge in [-0.25, -0.2) is 9.37 Å². The van der Waals surface area contributed by atoms with Gasteiger partial charge in [-0.05, 0) is 36.9 Å². The Labute approximate surface area is 107 Å². The van der Waals surface area contributed by atoms with Crippen LogP contribution in [0, 0.1) is 17.7 Å². The molecule has 2 rings (SSSR count). The van der Waals surface area contributed by atoms with Crippen LogP contribution < -0.4 is 5.73 Å². The van der Waals surface area contributed by atoms with Crippen LogP contribution in [-0.4, -0.2) is 16.5 Å². The molecule has 1 aromatic carbocycles. The fourth-order valence-electron chi connectivity index (χ4n) is 2.35. The number of nitrogens with two attached hydrogens (primary N) is 1. The lowest BCUT2D eigenvalue weighted by Gasteiger charge is -2.15. The molecular formula is C14H20FN3. The second-order valence-corrected chi connectivity index (χ2v) is 5.25. The second kappa shape index (κ2) is 5.48. The highest BCUT2D eigenvalue weighted by atomic mass is 19.1. The molecule has 2 aromatic rings. The minimum absolute atomic E-state index is 0.275. The number of rotatable bonds is 5. The van der Waals surface area contributed by atoms with E-state index in [0.29, 0.717) is 23.9 Å². The Balaban J connectivity index is 2.18. The van der Waals surface area contributed by atoms with E-state index in [-0.39, 0.29) is 5.82 Å². The van der Waals surface area contributed by atoms with E-state index in [1.165, 1.54) is 6.07 Å². The molecule has 0 amide bonds. The van der Waals surface area contributed by atoms with E-state index in [0.717, 1.165) is 24.2 Å². The van der Waals surface area contributed by atoms with E-state index < -0.39 is 0 Å². The topological polar surface area (TPSA) is 54.7 Å². The zero-order chi connectivity index (χ0) is 13.1. The SMILES string of the molecule is CC(C)CC(CN)Cc1nc2c(F)cccc2[nH]1. The lowest BCUT2D eigenvalue weighted by Crippen LogP contribution is -2.19. The van der Waals surface area contributed by atoms with Gasteiger partial charge in [0.1, 0.15) is 11.3 Å². The first-order valence-electron chi connectivity index (χ1n) is 6.43. The molecule has 98 valence electrons. The van der Waals surface area contributed by atoms with Crippen molar-refractivity contribution >= 4 is 11.0 Å². The normalized spacial score (nSPS) is 13.4. The summed E-state index contributed by atoms with van der Waals surface area (Å²) in [5.74, 6) is 1.56. The maximum Gasteiger partial charge on any atom is 0.151 e. The summed E-state index contributed by atoms with van der Waals surface area (Å²) in [4.78, 5) is 7.49. The molecule has 18 heavy (non-hydrogen) atoms. The van der Waals surface area contributed by atoms with Crippen molar-refractivity contribution < 1.29 is 4.39 Å². The average Bonchev–Trinajstić information content (AvgIpc) is 2.71. The molecule has 1 aromatic heterocycles. The highest BCUT2D eigenvalue weighted by molar-refractivity contribution is 5.75. The summed E-state index contributed by atoms with van der Waals surface area (Å²) in [6, 6.07) is 4.96. The number of halogens is 1. The van der Waals surface area contributed by atoms with Gasteiger partial charge in [-0.15, -0.1) is 0 Å². The maximum atomic E-state index is 13.5. The largest absolute Gasteiger partial charge is 0.342 e.